The van der Waals surface area contributed by atoms with E-state index in [1.807, 2.05) is 17.9 Å². The van der Waals surface area contributed by atoms with Crippen molar-refractivity contribution in [1.29, 1.82) is 0 Å². The Bertz CT molecular complexity index is 547. The molecule has 0 bridgehead atoms. The van der Waals surface area contributed by atoms with Crippen molar-refractivity contribution in [1.82, 2.24) is 15.1 Å². The molecule has 0 aliphatic carbocycles. The lowest BCUT2D eigenvalue weighted by Crippen LogP contribution is -2.43. The fourth-order valence-corrected chi connectivity index (χ4v) is 3.44. The number of nitrogens with zero attached hydrogens (tertiary/aromatic N) is 2. The van der Waals surface area contributed by atoms with E-state index in [0.717, 1.165) is 26.1 Å². The molecule has 24 heavy (non-hydrogen) atoms. The summed E-state index contributed by atoms with van der Waals surface area (Å²) in [5.74, 6) is 0.0417. The van der Waals surface area contributed by atoms with E-state index < -0.39 is 0 Å². The van der Waals surface area contributed by atoms with Gasteiger partial charge in [0, 0.05) is 51.6 Å². The van der Waals surface area contributed by atoms with E-state index in [0.29, 0.717) is 19.0 Å². The molecule has 1 heterocycles. The molecule has 2 rings (SSSR count). The summed E-state index contributed by atoms with van der Waals surface area (Å²) in [5, 5.41) is 2.70. The van der Waals surface area contributed by atoms with Crippen molar-refractivity contribution in [2.75, 3.05) is 26.2 Å². The third kappa shape index (κ3) is 4.81. The topological polar surface area (TPSA) is 52.7 Å². The van der Waals surface area contributed by atoms with Crippen LogP contribution in [0.2, 0.25) is 0 Å². The summed E-state index contributed by atoms with van der Waals surface area (Å²) < 4.78 is 0. The third-order valence-electron chi connectivity index (χ3n) is 4.84. The van der Waals surface area contributed by atoms with Crippen molar-refractivity contribution < 1.29 is 9.59 Å². The molecule has 5 heteroatoms. The number of nitrogens with one attached hydrogen (secondary N) is 1. The standard InChI is InChI=1S/C19H29N3O2/c1-4-22(19(24)10-12-20-16(3)23)18-11-13-21(14-18)15(2)17-8-6-5-7-9-17/h5-9,15,18H,4,10-14H2,1-3H3,(H,20,23)/t15-,18+/m1/s1. The Hall–Kier alpha value is -1.88. The van der Waals surface area contributed by atoms with Crippen LogP contribution in [-0.2, 0) is 9.59 Å². The number of carbonyl (C=O) groups excluding carboxylic acids is 2. The first-order valence-electron chi connectivity index (χ1n) is 8.85. The highest BCUT2D eigenvalue weighted by Gasteiger charge is 2.31. The van der Waals surface area contributed by atoms with Gasteiger partial charge in [0.2, 0.25) is 11.8 Å². The molecule has 1 aromatic rings. The quantitative estimate of drug-likeness (QED) is 0.833. The molecule has 0 radical (unpaired) electrons. The molecule has 5 nitrogen and oxygen atoms in total. The smallest absolute Gasteiger partial charge is 0.224 e. The van der Waals surface area contributed by atoms with E-state index in [4.69, 9.17) is 0 Å². The Morgan fingerprint density at radius 3 is 2.67 bits per heavy atom. The highest BCUT2D eigenvalue weighted by Crippen LogP contribution is 2.26. The van der Waals surface area contributed by atoms with E-state index in [-0.39, 0.29) is 17.9 Å². The highest BCUT2D eigenvalue weighted by molar-refractivity contribution is 5.78. The number of likely N-dealkylation sites (N-methyl/N-ethyl adjacent to an activating group) is 1. The second-order valence-electron chi connectivity index (χ2n) is 6.44. The van der Waals surface area contributed by atoms with Crippen LogP contribution in [0.15, 0.2) is 30.3 Å². The number of hydrogen-bond acceptors (Lipinski definition) is 3. The van der Waals surface area contributed by atoms with Gasteiger partial charge in [-0.1, -0.05) is 30.3 Å². The largest absolute Gasteiger partial charge is 0.356 e. The van der Waals surface area contributed by atoms with Gasteiger partial charge in [0.25, 0.3) is 0 Å². The summed E-state index contributed by atoms with van der Waals surface area (Å²) in [6.45, 7) is 8.79. The Morgan fingerprint density at radius 2 is 2.04 bits per heavy atom. The van der Waals surface area contributed by atoms with Gasteiger partial charge in [0.05, 0.1) is 0 Å². The van der Waals surface area contributed by atoms with Crippen LogP contribution < -0.4 is 5.32 Å². The van der Waals surface area contributed by atoms with Gasteiger partial charge in [-0.25, -0.2) is 0 Å². The van der Waals surface area contributed by atoms with E-state index in [2.05, 4.69) is 41.4 Å². The van der Waals surface area contributed by atoms with Gasteiger partial charge in [-0.3, -0.25) is 14.5 Å². The fraction of sp³-hybridized carbons (Fsp3) is 0.579. The molecular formula is C19H29N3O2. The van der Waals surface area contributed by atoms with E-state index in [1.54, 1.807) is 0 Å². The number of carbonyl (C=O) groups is 2. The summed E-state index contributed by atoms with van der Waals surface area (Å²) in [4.78, 5) is 27.8. The zero-order valence-electron chi connectivity index (χ0n) is 15.0. The molecule has 1 aliphatic rings. The molecule has 2 atom stereocenters. The first kappa shape index (κ1) is 18.5. The lowest BCUT2D eigenvalue weighted by molar-refractivity contribution is -0.133. The molecule has 1 fully saturated rings. The van der Waals surface area contributed by atoms with Gasteiger partial charge < -0.3 is 10.2 Å². The molecule has 1 N–H and O–H groups in total. The summed E-state index contributed by atoms with van der Waals surface area (Å²) in [6, 6.07) is 11.1. The van der Waals surface area contributed by atoms with E-state index >= 15 is 0 Å². The number of likely N-dealkylation sites (tertiary alicyclic amines) is 1. The van der Waals surface area contributed by atoms with Crippen molar-refractivity contribution in [3.8, 4) is 0 Å². The first-order valence-corrected chi connectivity index (χ1v) is 8.85. The van der Waals surface area contributed by atoms with Crippen LogP contribution in [0.25, 0.3) is 0 Å². The molecule has 0 aromatic heterocycles. The summed E-state index contributed by atoms with van der Waals surface area (Å²) >= 11 is 0. The molecule has 1 aromatic carbocycles. The van der Waals surface area contributed by atoms with Crippen LogP contribution in [0, 0.1) is 0 Å². The van der Waals surface area contributed by atoms with Gasteiger partial charge in [-0.2, -0.15) is 0 Å². The molecule has 1 saturated heterocycles. The van der Waals surface area contributed by atoms with Crippen LogP contribution in [0.5, 0.6) is 0 Å². The number of benzene rings is 1. The predicted molar refractivity (Wildman–Crippen MR) is 95.5 cm³/mol. The minimum atomic E-state index is -0.0884. The van der Waals surface area contributed by atoms with Crippen LogP contribution in [0.1, 0.15) is 45.2 Å². The SMILES string of the molecule is CCN(C(=O)CCNC(C)=O)[C@H]1CCN([C@H](C)c2ccccc2)C1. The monoisotopic (exact) mass is 331 g/mol. The summed E-state index contributed by atoms with van der Waals surface area (Å²) in [7, 11) is 0. The van der Waals surface area contributed by atoms with Crippen LogP contribution in [0.3, 0.4) is 0 Å². The first-order chi connectivity index (χ1) is 11.5. The Labute approximate surface area is 145 Å². The number of hydrogen-bond donors (Lipinski definition) is 1. The van der Waals surface area contributed by atoms with Crippen molar-refractivity contribution in [2.45, 2.75) is 45.7 Å². The third-order valence-corrected chi connectivity index (χ3v) is 4.84. The van der Waals surface area contributed by atoms with E-state index in [9.17, 15) is 9.59 Å². The number of amides is 2. The second-order valence-corrected chi connectivity index (χ2v) is 6.44. The number of rotatable bonds is 7. The summed E-state index contributed by atoms with van der Waals surface area (Å²) in [5.41, 5.74) is 1.32. The van der Waals surface area contributed by atoms with Crippen molar-refractivity contribution in [3.63, 3.8) is 0 Å². The van der Waals surface area contributed by atoms with Gasteiger partial charge in [-0.15, -0.1) is 0 Å². The Balaban J connectivity index is 1.90. The molecule has 0 spiro atoms. The molecule has 132 valence electrons. The van der Waals surface area contributed by atoms with Crippen molar-refractivity contribution in [2.24, 2.45) is 0 Å². The maximum Gasteiger partial charge on any atom is 0.224 e. The second kappa shape index (κ2) is 8.83. The average Bonchev–Trinajstić information content (AvgIpc) is 3.05. The predicted octanol–water partition coefficient (Wildman–Crippen LogP) is 2.20. The minimum absolute atomic E-state index is 0.0884. The maximum atomic E-state index is 12.4. The van der Waals surface area contributed by atoms with Gasteiger partial charge in [0.1, 0.15) is 0 Å². The van der Waals surface area contributed by atoms with Crippen LogP contribution >= 0.6 is 0 Å². The van der Waals surface area contributed by atoms with Crippen LogP contribution in [-0.4, -0.2) is 53.8 Å². The minimum Gasteiger partial charge on any atom is -0.356 e. The average molecular weight is 331 g/mol. The lowest BCUT2D eigenvalue weighted by Gasteiger charge is -2.30. The maximum absolute atomic E-state index is 12.4. The summed E-state index contributed by atoms with van der Waals surface area (Å²) in [6.07, 6.45) is 1.38. The highest BCUT2D eigenvalue weighted by atomic mass is 16.2. The molecule has 1 aliphatic heterocycles. The molecular weight excluding hydrogens is 302 g/mol. The lowest BCUT2D eigenvalue weighted by atomic mass is 10.1. The van der Waals surface area contributed by atoms with Crippen LogP contribution in [0.4, 0.5) is 0 Å². The fourth-order valence-electron chi connectivity index (χ4n) is 3.44. The molecule has 2 amide bonds. The Morgan fingerprint density at radius 1 is 1.33 bits per heavy atom. The normalized spacial score (nSPS) is 19.0. The Kier molecular flexibility index (Phi) is 6.79. The molecule has 0 unspecified atom stereocenters. The van der Waals surface area contributed by atoms with Gasteiger partial charge >= 0.3 is 0 Å². The van der Waals surface area contributed by atoms with Gasteiger partial charge in [0.15, 0.2) is 0 Å². The van der Waals surface area contributed by atoms with Crippen molar-refractivity contribution >= 4 is 11.8 Å². The zero-order valence-corrected chi connectivity index (χ0v) is 15.0. The van der Waals surface area contributed by atoms with Gasteiger partial charge in [-0.05, 0) is 25.8 Å². The molecule has 0 saturated carbocycles. The van der Waals surface area contributed by atoms with E-state index in [1.165, 1.54) is 12.5 Å². The van der Waals surface area contributed by atoms with Crippen molar-refractivity contribution in [3.05, 3.63) is 35.9 Å². The zero-order chi connectivity index (χ0) is 17.5.